The van der Waals surface area contributed by atoms with Gasteiger partial charge in [0.1, 0.15) is 7.85 Å². The molecule has 1 unspecified atom stereocenters. The standard InChI is InChI=1S/C20H41BN2O8P2/c1-17(2)23(18(3)4)32(29-11-8-10-22)30-16-20(21)31-19(15-28-13-12-25-5)9-14-33(24,26-6)27-7/h9,14,17-20H,8,11-13,15-16,21H2,1-7H3/b14-9+/t19-,20-,32?/m1/s1. The molecule has 3 atom stereocenters. The summed E-state index contributed by atoms with van der Waals surface area (Å²) in [6.07, 6.45) is 1.40. The molecule has 0 fully saturated rings. The highest BCUT2D eigenvalue weighted by Crippen LogP contribution is 2.48. The predicted octanol–water partition coefficient (Wildman–Crippen LogP) is 3.29. The van der Waals surface area contributed by atoms with Crippen LogP contribution in [0.15, 0.2) is 11.9 Å². The Morgan fingerprint density at radius 2 is 1.67 bits per heavy atom. The minimum absolute atomic E-state index is 0.205. The molecule has 0 saturated carbocycles. The van der Waals surface area contributed by atoms with Crippen LogP contribution in [0.4, 0.5) is 0 Å². The second-order valence-electron chi connectivity index (χ2n) is 7.64. The number of hydrogen-bond acceptors (Lipinski definition) is 10. The molecule has 0 rings (SSSR count). The zero-order valence-electron chi connectivity index (χ0n) is 21.3. The number of ether oxygens (including phenoxy) is 3. The molecule has 192 valence electrons. The normalized spacial score (nSPS) is 15.4. The van der Waals surface area contributed by atoms with Gasteiger partial charge in [0.25, 0.3) is 8.53 Å². The smallest absolute Gasteiger partial charge is 0.353 e. The molecule has 0 aromatic rings. The molecule has 33 heavy (non-hydrogen) atoms. The molecule has 10 nitrogen and oxygen atoms in total. The van der Waals surface area contributed by atoms with E-state index in [1.54, 1.807) is 13.2 Å². The van der Waals surface area contributed by atoms with Crippen molar-refractivity contribution in [1.82, 2.24) is 4.67 Å². The summed E-state index contributed by atoms with van der Waals surface area (Å²) in [5.41, 5.74) is 0. The fraction of sp³-hybridized carbons (Fsp3) is 0.850. The van der Waals surface area contributed by atoms with Gasteiger partial charge in [-0.3, -0.25) is 4.57 Å². The Morgan fingerprint density at radius 1 is 1.03 bits per heavy atom. The largest absolute Gasteiger partial charge is 0.382 e. The van der Waals surface area contributed by atoms with E-state index in [0.717, 1.165) is 0 Å². The molecule has 0 saturated heterocycles. The first-order chi connectivity index (χ1) is 15.6. The topological polar surface area (TPSA) is 109 Å². The molecule has 0 spiro atoms. The highest BCUT2D eigenvalue weighted by atomic mass is 31.2. The highest BCUT2D eigenvalue weighted by Gasteiger charge is 2.28. The number of nitriles is 1. The lowest BCUT2D eigenvalue weighted by atomic mass is 10.0. The number of nitrogens with zero attached hydrogens (tertiary/aromatic N) is 2. The van der Waals surface area contributed by atoms with Gasteiger partial charge >= 0.3 is 7.60 Å². The minimum atomic E-state index is -3.33. The molecule has 0 bridgehead atoms. The maximum Gasteiger partial charge on any atom is 0.353 e. The molecule has 0 aliphatic carbocycles. The molecule has 0 aliphatic rings. The molecule has 0 aromatic heterocycles. The zero-order valence-corrected chi connectivity index (χ0v) is 23.1. The number of methoxy groups -OCH3 is 1. The first-order valence-corrected chi connectivity index (χ1v) is 13.7. The van der Waals surface area contributed by atoms with Crippen LogP contribution in [-0.4, -0.2) is 91.1 Å². The van der Waals surface area contributed by atoms with E-state index in [4.69, 9.17) is 37.6 Å². The number of hydrogen-bond donors (Lipinski definition) is 0. The van der Waals surface area contributed by atoms with Gasteiger partial charge in [0.05, 0.1) is 51.6 Å². The minimum Gasteiger partial charge on any atom is -0.382 e. The third kappa shape index (κ3) is 14.6. The van der Waals surface area contributed by atoms with Crippen LogP contribution in [-0.2, 0) is 36.9 Å². The fourth-order valence-corrected chi connectivity index (χ4v) is 5.18. The van der Waals surface area contributed by atoms with Crippen LogP contribution in [0.2, 0.25) is 0 Å². The summed E-state index contributed by atoms with van der Waals surface area (Å²) in [5, 5.41) is 8.84. The second-order valence-corrected chi connectivity index (χ2v) is 11.2. The van der Waals surface area contributed by atoms with E-state index in [2.05, 4.69) is 38.4 Å². The molecular weight excluding hydrogens is 469 g/mol. The lowest BCUT2D eigenvalue weighted by Crippen LogP contribution is -2.35. The van der Waals surface area contributed by atoms with E-state index in [0.29, 0.717) is 26.2 Å². The van der Waals surface area contributed by atoms with Crippen LogP contribution in [0.5, 0.6) is 0 Å². The zero-order chi connectivity index (χ0) is 25.3. The Morgan fingerprint density at radius 3 is 2.18 bits per heavy atom. The van der Waals surface area contributed by atoms with Crippen LogP contribution < -0.4 is 0 Å². The van der Waals surface area contributed by atoms with Crippen molar-refractivity contribution in [2.75, 3.05) is 54.4 Å². The van der Waals surface area contributed by atoms with Gasteiger partial charge in [0.15, 0.2) is 0 Å². The van der Waals surface area contributed by atoms with Crippen molar-refractivity contribution in [2.45, 2.75) is 58.3 Å². The Balaban J connectivity index is 5.17. The Kier molecular flexibility index (Phi) is 18.7. The Hall–Kier alpha value is -0.365. The summed E-state index contributed by atoms with van der Waals surface area (Å²) in [4.78, 5) is 0. The summed E-state index contributed by atoms with van der Waals surface area (Å²) in [7, 11) is 1.41. The average molecular weight is 510 g/mol. The van der Waals surface area contributed by atoms with Crippen molar-refractivity contribution in [1.29, 1.82) is 5.26 Å². The van der Waals surface area contributed by atoms with Gasteiger partial charge in [-0.2, -0.15) is 5.26 Å². The Bertz CT molecular complexity index is 605. The second kappa shape index (κ2) is 18.9. The van der Waals surface area contributed by atoms with Crippen LogP contribution >= 0.6 is 16.1 Å². The van der Waals surface area contributed by atoms with E-state index in [1.807, 2.05) is 7.85 Å². The van der Waals surface area contributed by atoms with E-state index >= 15 is 0 Å². The van der Waals surface area contributed by atoms with Crippen molar-refractivity contribution in [2.24, 2.45) is 0 Å². The number of rotatable bonds is 20. The van der Waals surface area contributed by atoms with Crippen molar-refractivity contribution < 1.29 is 36.9 Å². The molecule has 0 heterocycles. The van der Waals surface area contributed by atoms with Gasteiger partial charge in [0.2, 0.25) is 0 Å². The average Bonchev–Trinajstić information content (AvgIpc) is 2.77. The Labute approximate surface area is 201 Å². The first kappa shape index (κ1) is 32.6. The molecule has 0 aliphatic heterocycles. The van der Waals surface area contributed by atoms with Crippen molar-refractivity contribution in [3.63, 3.8) is 0 Å². The van der Waals surface area contributed by atoms with E-state index in [1.165, 1.54) is 20.0 Å². The van der Waals surface area contributed by atoms with Crippen molar-refractivity contribution in [3.8, 4) is 6.07 Å². The predicted molar refractivity (Wildman–Crippen MR) is 132 cm³/mol. The lowest BCUT2D eigenvalue weighted by molar-refractivity contribution is -0.0285. The quantitative estimate of drug-likeness (QED) is 0.138. The van der Waals surface area contributed by atoms with Gasteiger partial charge in [-0.25, -0.2) is 4.67 Å². The highest BCUT2D eigenvalue weighted by molar-refractivity contribution is 7.57. The van der Waals surface area contributed by atoms with E-state index in [9.17, 15) is 4.57 Å². The molecule has 0 amide bonds. The van der Waals surface area contributed by atoms with Crippen LogP contribution in [0.25, 0.3) is 0 Å². The summed E-state index contributed by atoms with van der Waals surface area (Å²) in [6, 6.07) is 2.18. The molecule has 0 radical (unpaired) electrons. The maximum atomic E-state index is 12.3. The third-order valence-corrected chi connectivity index (χ3v) is 7.82. The first-order valence-electron chi connectivity index (χ1n) is 11.0. The van der Waals surface area contributed by atoms with E-state index in [-0.39, 0.29) is 31.3 Å². The molecular formula is C20H41BN2O8P2. The monoisotopic (exact) mass is 510 g/mol. The summed E-state index contributed by atoms with van der Waals surface area (Å²) < 4.78 is 53.1. The van der Waals surface area contributed by atoms with Crippen LogP contribution in [0.3, 0.4) is 0 Å². The van der Waals surface area contributed by atoms with Crippen LogP contribution in [0.1, 0.15) is 34.1 Å². The van der Waals surface area contributed by atoms with Gasteiger partial charge in [-0.1, -0.05) is 0 Å². The summed E-state index contributed by atoms with van der Waals surface area (Å²) in [5.74, 6) is 1.36. The maximum absolute atomic E-state index is 12.3. The van der Waals surface area contributed by atoms with Gasteiger partial charge in [0, 0.05) is 45.2 Å². The fourth-order valence-electron chi connectivity index (χ4n) is 2.70. The molecule has 0 N–H and O–H groups in total. The third-order valence-electron chi connectivity index (χ3n) is 4.20. The summed E-state index contributed by atoms with van der Waals surface area (Å²) >= 11 is 0. The molecule has 13 heteroatoms. The summed E-state index contributed by atoms with van der Waals surface area (Å²) in [6.45, 7) is 9.96. The van der Waals surface area contributed by atoms with Crippen LogP contribution in [0, 0.1) is 11.3 Å². The van der Waals surface area contributed by atoms with Gasteiger partial charge in [-0.05, 0) is 33.8 Å². The van der Waals surface area contributed by atoms with Crippen molar-refractivity contribution >= 4 is 24.0 Å². The van der Waals surface area contributed by atoms with Crippen molar-refractivity contribution in [3.05, 3.63) is 11.9 Å². The molecule has 0 aromatic carbocycles. The van der Waals surface area contributed by atoms with E-state index < -0.39 is 22.2 Å². The SMILES string of the molecule is B[C@@H](COP(OCCC#N)N(C(C)C)C(C)C)O[C@H](/C=C/P(=O)(OC)OC)COCCOC. The van der Waals surface area contributed by atoms with Gasteiger partial charge < -0.3 is 32.3 Å². The van der Waals surface area contributed by atoms with Gasteiger partial charge in [-0.15, -0.1) is 0 Å². The lowest BCUT2D eigenvalue weighted by Gasteiger charge is -2.36.